The maximum atomic E-state index is 13.6. The topological polar surface area (TPSA) is 77.4 Å². The predicted octanol–water partition coefficient (Wildman–Crippen LogP) is 3.93. The number of halogens is 3. The van der Waals surface area contributed by atoms with Crippen molar-refractivity contribution in [1.29, 1.82) is 0 Å². The highest BCUT2D eigenvalue weighted by Gasteiger charge is 2.63. The summed E-state index contributed by atoms with van der Waals surface area (Å²) in [7, 11) is 1.62. The van der Waals surface area contributed by atoms with E-state index in [1.54, 1.807) is 31.3 Å². The molecule has 1 aliphatic heterocycles. The average molecular weight is 450 g/mol. The lowest BCUT2D eigenvalue weighted by Crippen LogP contribution is -2.49. The van der Waals surface area contributed by atoms with Crippen molar-refractivity contribution >= 4 is 23.3 Å². The van der Waals surface area contributed by atoms with E-state index < -0.39 is 31.0 Å². The van der Waals surface area contributed by atoms with Gasteiger partial charge in [0.1, 0.15) is 6.61 Å². The molecule has 0 spiro atoms. The van der Waals surface area contributed by atoms with E-state index in [9.17, 15) is 22.8 Å². The highest BCUT2D eigenvalue weighted by atomic mass is 19.4. The Kier molecular flexibility index (Phi) is 6.83. The highest BCUT2D eigenvalue weighted by molar-refractivity contribution is 6.07. The van der Waals surface area contributed by atoms with Crippen LogP contribution in [0.5, 0.6) is 0 Å². The zero-order valence-electron chi connectivity index (χ0n) is 17.4. The smallest absolute Gasteiger partial charge is 0.458 e. The average Bonchev–Trinajstić information content (AvgIpc) is 3.24. The number of nitrogens with zero attached hydrogens (tertiary/aromatic N) is 2. The van der Waals surface area contributed by atoms with Gasteiger partial charge in [-0.2, -0.15) is 13.2 Å². The van der Waals surface area contributed by atoms with Crippen LogP contribution in [-0.2, 0) is 19.1 Å². The molecular weight excluding hydrogens is 429 g/mol. The third-order valence-electron chi connectivity index (χ3n) is 4.78. The van der Waals surface area contributed by atoms with Crippen LogP contribution in [-0.4, -0.2) is 49.8 Å². The molecule has 170 valence electrons. The molecule has 1 amide bonds. The summed E-state index contributed by atoms with van der Waals surface area (Å²) >= 11 is 0. The molecule has 0 aromatic heterocycles. The van der Waals surface area contributed by atoms with Gasteiger partial charge in [0.15, 0.2) is 0 Å². The summed E-state index contributed by atoms with van der Waals surface area (Å²) in [5.74, 6) is -4.31. The number of amides is 1. The monoisotopic (exact) mass is 450 g/mol. The molecule has 1 aliphatic rings. The molecule has 3 rings (SSSR count). The SMILES string of the molecule is CCOC(=O)COC1(C(F)(F)F)CC(c2ccc(C(=O)N(C)c3ccccc3)cc2)=NO1. The largest absolute Gasteiger partial charge is 0.464 e. The number of rotatable bonds is 7. The van der Waals surface area contributed by atoms with E-state index in [2.05, 4.69) is 14.7 Å². The van der Waals surface area contributed by atoms with Crippen molar-refractivity contribution in [2.45, 2.75) is 25.3 Å². The molecule has 1 unspecified atom stereocenters. The first-order valence-corrected chi connectivity index (χ1v) is 9.72. The molecule has 0 N–H and O–H groups in total. The highest BCUT2D eigenvalue weighted by Crippen LogP contribution is 2.42. The van der Waals surface area contributed by atoms with Gasteiger partial charge in [-0.15, -0.1) is 0 Å². The molecule has 10 heteroatoms. The first-order chi connectivity index (χ1) is 15.2. The van der Waals surface area contributed by atoms with E-state index in [-0.39, 0.29) is 18.2 Å². The van der Waals surface area contributed by atoms with Gasteiger partial charge in [0.05, 0.1) is 18.7 Å². The van der Waals surface area contributed by atoms with Gasteiger partial charge in [-0.3, -0.25) is 4.79 Å². The molecule has 2 aromatic rings. The first kappa shape index (κ1) is 23.3. The van der Waals surface area contributed by atoms with Gasteiger partial charge in [0.2, 0.25) is 0 Å². The minimum atomic E-state index is -4.95. The number of esters is 1. The normalized spacial score (nSPS) is 18.0. The molecule has 0 bridgehead atoms. The Morgan fingerprint density at radius 3 is 2.38 bits per heavy atom. The van der Waals surface area contributed by atoms with Gasteiger partial charge in [-0.25, -0.2) is 4.79 Å². The maximum Gasteiger partial charge on any atom is 0.458 e. The molecule has 0 aliphatic carbocycles. The maximum absolute atomic E-state index is 13.6. The Bertz CT molecular complexity index is 993. The van der Waals surface area contributed by atoms with Crippen molar-refractivity contribution in [2.24, 2.45) is 5.16 Å². The van der Waals surface area contributed by atoms with E-state index in [1.165, 1.54) is 36.1 Å². The number of anilines is 1. The molecule has 32 heavy (non-hydrogen) atoms. The molecule has 2 aromatic carbocycles. The number of oxime groups is 1. The van der Waals surface area contributed by atoms with E-state index in [0.29, 0.717) is 16.8 Å². The molecule has 1 atom stereocenters. The van der Waals surface area contributed by atoms with Crippen LogP contribution in [0.3, 0.4) is 0 Å². The predicted molar refractivity (Wildman–Crippen MR) is 109 cm³/mol. The van der Waals surface area contributed by atoms with E-state index in [0.717, 1.165) is 0 Å². The fourth-order valence-electron chi connectivity index (χ4n) is 3.03. The number of hydrogen-bond acceptors (Lipinski definition) is 6. The Morgan fingerprint density at radius 1 is 1.12 bits per heavy atom. The van der Waals surface area contributed by atoms with Crippen LogP contribution in [0.1, 0.15) is 29.3 Å². The summed E-state index contributed by atoms with van der Waals surface area (Å²) in [4.78, 5) is 30.2. The van der Waals surface area contributed by atoms with Crippen LogP contribution >= 0.6 is 0 Å². The zero-order chi connectivity index (χ0) is 23.4. The van der Waals surface area contributed by atoms with E-state index >= 15 is 0 Å². The lowest BCUT2D eigenvalue weighted by molar-refractivity contribution is -0.370. The number of benzene rings is 2. The fourth-order valence-corrected chi connectivity index (χ4v) is 3.03. The summed E-state index contributed by atoms with van der Waals surface area (Å²) in [6, 6.07) is 14.9. The van der Waals surface area contributed by atoms with Crippen molar-refractivity contribution in [3.8, 4) is 0 Å². The quantitative estimate of drug-likeness (QED) is 0.598. The van der Waals surface area contributed by atoms with Gasteiger partial charge in [0, 0.05) is 18.3 Å². The van der Waals surface area contributed by atoms with Crippen molar-refractivity contribution in [2.75, 3.05) is 25.2 Å². The molecule has 0 saturated carbocycles. The summed E-state index contributed by atoms with van der Waals surface area (Å²) in [5.41, 5.74) is 1.35. The fraction of sp³-hybridized carbons (Fsp3) is 0.318. The van der Waals surface area contributed by atoms with Gasteiger partial charge in [-0.05, 0) is 36.8 Å². The second-order valence-corrected chi connectivity index (χ2v) is 6.93. The molecular formula is C22H21F3N2O5. The Morgan fingerprint density at radius 2 is 1.78 bits per heavy atom. The van der Waals surface area contributed by atoms with Gasteiger partial charge in [0.25, 0.3) is 5.91 Å². The third-order valence-corrected chi connectivity index (χ3v) is 4.78. The standard InChI is InChI=1S/C22H21F3N2O5/c1-3-30-19(28)14-31-21(22(23,24)25)13-18(26-32-21)15-9-11-16(12-10-15)20(29)27(2)17-7-5-4-6-8-17/h4-12H,3,13-14H2,1-2H3. The number of alkyl halides is 3. The summed E-state index contributed by atoms with van der Waals surface area (Å²) in [5, 5.41) is 3.53. The van der Waals surface area contributed by atoms with E-state index in [1.807, 2.05) is 6.07 Å². The Hall–Kier alpha value is -3.40. The van der Waals surface area contributed by atoms with Crippen LogP contribution in [0, 0.1) is 0 Å². The molecule has 1 heterocycles. The molecule has 0 saturated heterocycles. The summed E-state index contributed by atoms with van der Waals surface area (Å²) in [6.07, 6.45) is -5.70. The summed E-state index contributed by atoms with van der Waals surface area (Å²) in [6.45, 7) is 0.598. The Balaban J connectivity index is 1.72. The van der Waals surface area contributed by atoms with Crippen LogP contribution in [0.25, 0.3) is 0 Å². The first-order valence-electron chi connectivity index (χ1n) is 9.72. The van der Waals surface area contributed by atoms with Gasteiger partial charge >= 0.3 is 17.9 Å². The number of carbonyl (C=O) groups is 2. The lowest BCUT2D eigenvalue weighted by atomic mass is 10.0. The number of para-hydroxylation sites is 1. The number of hydrogen-bond donors (Lipinski definition) is 0. The van der Waals surface area contributed by atoms with Crippen LogP contribution in [0.2, 0.25) is 0 Å². The van der Waals surface area contributed by atoms with Crippen molar-refractivity contribution < 1.29 is 37.1 Å². The zero-order valence-corrected chi connectivity index (χ0v) is 17.4. The molecule has 0 fully saturated rings. The third kappa shape index (κ3) is 4.91. The van der Waals surface area contributed by atoms with Crippen molar-refractivity contribution in [3.63, 3.8) is 0 Å². The van der Waals surface area contributed by atoms with Crippen molar-refractivity contribution in [3.05, 3.63) is 65.7 Å². The lowest BCUT2D eigenvalue weighted by Gasteiger charge is -2.28. The number of ether oxygens (including phenoxy) is 2. The molecule has 7 nitrogen and oxygen atoms in total. The number of carbonyl (C=O) groups excluding carboxylic acids is 2. The van der Waals surface area contributed by atoms with Crippen LogP contribution in [0.15, 0.2) is 59.8 Å². The minimum Gasteiger partial charge on any atom is -0.464 e. The second kappa shape index (κ2) is 9.39. The van der Waals surface area contributed by atoms with Gasteiger partial charge < -0.3 is 19.2 Å². The second-order valence-electron chi connectivity index (χ2n) is 6.93. The Labute approximate surface area is 182 Å². The van der Waals surface area contributed by atoms with Crippen LogP contribution in [0.4, 0.5) is 18.9 Å². The van der Waals surface area contributed by atoms with Gasteiger partial charge in [-0.1, -0.05) is 35.5 Å². The van der Waals surface area contributed by atoms with Crippen LogP contribution < -0.4 is 4.90 Å². The van der Waals surface area contributed by atoms with Crippen molar-refractivity contribution in [1.82, 2.24) is 0 Å². The summed E-state index contributed by atoms with van der Waals surface area (Å²) < 4.78 is 50.3. The van der Waals surface area contributed by atoms with E-state index in [4.69, 9.17) is 4.74 Å². The minimum absolute atomic E-state index is 0.00828. The molecule has 0 radical (unpaired) electrons.